The van der Waals surface area contributed by atoms with E-state index in [1.807, 2.05) is 0 Å². The van der Waals surface area contributed by atoms with Crippen molar-refractivity contribution >= 4 is 10.8 Å². The Morgan fingerprint density at radius 1 is 0.800 bits per heavy atom. The second-order valence-corrected chi connectivity index (χ2v) is 4.59. The molecule has 1 aliphatic carbocycles. The Morgan fingerprint density at radius 2 is 1.53 bits per heavy atom. The number of benzene rings is 2. The summed E-state index contributed by atoms with van der Waals surface area (Å²) in [4.78, 5) is 0. The maximum Gasteiger partial charge on any atom is -0.0162 e. The Morgan fingerprint density at radius 3 is 2.33 bits per heavy atom. The van der Waals surface area contributed by atoms with Gasteiger partial charge in [-0.3, -0.25) is 0 Å². The predicted molar refractivity (Wildman–Crippen MR) is 65.2 cm³/mol. The van der Waals surface area contributed by atoms with Gasteiger partial charge in [0.15, 0.2) is 0 Å². The fourth-order valence-electron chi connectivity index (χ4n) is 2.72. The molecule has 2 aromatic rings. The quantitative estimate of drug-likeness (QED) is 0.630. The van der Waals surface area contributed by atoms with Gasteiger partial charge < -0.3 is 0 Å². The van der Waals surface area contributed by atoms with Crippen LogP contribution in [0.1, 0.15) is 37.2 Å². The molecule has 0 spiro atoms. The second kappa shape index (κ2) is 3.69. The normalized spacial score (nSPS) is 17.3. The molecule has 1 fully saturated rings. The number of rotatable bonds is 1. The first-order valence-electron chi connectivity index (χ1n) is 5.92. The lowest BCUT2D eigenvalue weighted by Crippen LogP contribution is -1.91. The highest BCUT2D eigenvalue weighted by Gasteiger charge is 2.16. The van der Waals surface area contributed by atoms with Crippen LogP contribution in [0.5, 0.6) is 0 Å². The minimum absolute atomic E-state index is 0.828. The Balaban J connectivity index is 2.05. The first-order valence-corrected chi connectivity index (χ1v) is 5.92. The first kappa shape index (κ1) is 8.96. The van der Waals surface area contributed by atoms with E-state index in [-0.39, 0.29) is 0 Å². The monoisotopic (exact) mass is 196 g/mol. The third-order valence-corrected chi connectivity index (χ3v) is 3.60. The van der Waals surface area contributed by atoms with E-state index in [1.165, 1.54) is 36.5 Å². The largest absolute Gasteiger partial charge is 0.0616 e. The van der Waals surface area contributed by atoms with E-state index in [4.69, 9.17) is 0 Å². The van der Waals surface area contributed by atoms with E-state index in [0.717, 1.165) is 5.92 Å². The highest BCUT2D eigenvalue weighted by Crippen LogP contribution is 2.35. The average Bonchev–Trinajstić information content (AvgIpc) is 2.82. The third-order valence-electron chi connectivity index (χ3n) is 3.60. The van der Waals surface area contributed by atoms with Crippen LogP contribution in [-0.4, -0.2) is 0 Å². The van der Waals surface area contributed by atoms with Gasteiger partial charge in [0.1, 0.15) is 0 Å². The molecule has 0 bridgehead atoms. The van der Waals surface area contributed by atoms with Gasteiger partial charge >= 0.3 is 0 Å². The Labute approximate surface area is 90.9 Å². The lowest BCUT2D eigenvalue weighted by molar-refractivity contribution is 0.724. The maximum absolute atomic E-state index is 2.38. The topological polar surface area (TPSA) is 0 Å². The summed E-state index contributed by atoms with van der Waals surface area (Å²) in [7, 11) is 0. The molecule has 0 N–H and O–H groups in total. The minimum atomic E-state index is 0.828. The smallest absolute Gasteiger partial charge is 0.0162 e. The Hall–Kier alpha value is -1.30. The second-order valence-electron chi connectivity index (χ2n) is 4.59. The van der Waals surface area contributed by atoms with E-state index < -0.39 is 0 Å². The predicted octanol–water partition coefficient (Wildman–Crippen LogP) is 4.50. The summed E-state index contributed by atoms with van der Waals surface area (Å²) in [6.45, 7) is 0. The number of hydrogen-bond acceptors (Lipinski definition) is 0. The third kappa shape index (κ3) is 1.65. The van der Waals surface area contributed by atoms with Gasteiger partial charge in [0, 0.05) is 0 Å². The molecule has 0 amide bonds. The average molecular weight is 196 g/mol. The van der Waals surface area contributed by atoms with E-state index in [2.05, 4.69) is 42.5 Å². The molecule has 1 aliphatic rings. The van der Waals surface area contributed by atoms with Gasteiger partial charge in [-0.25, -0.2) is 0 Å². The zero-order chi connectivity index (χ0) is 10.1. The molecular formula is C15H16. The molecule has 3 rings (SSSR count). The lowest BCUT2D eigenvalue weighted by atomic mass is 9.95. The molecule has 0 aromatic heterocycles. The van der Waals surface area contributed by atoms with Crippen LogP contribution >= 0.6 is 0 Å². The minimum Gasteiger partial charge on any atom is -0.0616 e. The van der Waals surface area contributed by atoms with Crippen molar-refractivity contribution in [3.8, 4) is 0 Å². The molecule has 0 saturated heterocycles. The van der Waals surface area contributed by atoms with E-state index in [9.17, 15) is 0 Å². The number of fused-ring (bicyclic) bond motifs is 1. The Bertz CT molecular complexity index is 464. The van der Waals surface area contributed by atoms with Gasteiger partial charge in [0.05, 0.1) is 0 Å². The van der Waals surface area contributed by atoms with E-state index >= 15 is 0 Å². The first-order chi connectivity index (χ1) is 7.43. The summed E-state index contributed by atoms with van der Waals surface area (Å²) in [5.74, 6) is 0.828. The summed E-state index contributed by atoms with van der Waals surface area (Å²) >= 11 is 0. The van der Waals surface area contributed by atoms with Gasteiger partial charge in [0.25, 0.3) is 0 Å². The molecule has 0 atom stereocenters. The van der Waals surface area contributed by atoms with Crippen molar-refractivity contribution in [3.05, 3.63) is 48.0 Å². The molecule has 0 radical (unpaired) electrons. The van der Waals surface area contributed by atoms with Crippen LogP contribution in [-0.2, 0) is 0 Å². The summed E-state index contributed by atoms with van der Waals surface area (Å²) in [5, 5.41) is 2.75. The lowest BCUT2D eigenvalue weighted by Gasteiger charge is -2.10. The summed E-state index contributed by atoms with van der Waals surface area (Å²) in [6, 6.07) is 15.6. The molecule has 76 valence electrons. The Kier molecular flexibility index (Phi) is 2.21. The fraction of sp³-hybridized carbons (Fsp3) is 0.333. The van der Waals surface area contributed by atoms with Gasteiger partial charge in [-0.05, 0) is 35.1 Å². The van der Waals surface area contributed by atoms with Crippen LogP contribution in [0.3, 0.4) is 0 Å². The van der Waals surface area contributed by atoms with E-state index in [1.54, 1.807) is 5.56 Å². The molecular weight excluding hydrogens is 180 g/mol. The molecule has 1 saturated carbocycles. The summed E-state index contributed by atoms with van der Waals surface area (Å²) < 4.78 is 0. The molecule has 0 aliphatic heterocycles. The molecule has 0 heteroatoms. The molecule has 0 unspecified atom stereocenters. The van der Waals surface area contributed by atoms with Crippen LogP contribution in [0.2, 0.25) is 0 Å². The van der Waals surface area contributed by atoms with Crippen molar-refractivity contribution in [1.82, 2.24) is 0 Å². The van der Waals surface area contributed by atoms with Crippen LogP contribution in [0.4, 0.5) is 0 Å². The van der Waals surface area contributed by atoms with Crippen molar-refractivity contribution in [1.29, 1.82) is 0 Å². The van der Waals surface area contributed by atoms with Gasteiger partial charge in [-0.15, -0.1) is 0 Å². The maximum atomic E-state index is 2.38. The van der Waals surface area contributed by atoms with Crippen molar-refractivity contribution < 1.29 is 0 Å². The summed E-state index contributed by atoms with van der Waals surface area (Å²) in [6.07, 6.45) is 5.60. The zero-order valence-electron chi connectivity index (χ0n) is 8.95. The van der Waals surface area contributed by atoms with Crippen LogP contribution < -0.4 is 0 Å². The molecule has 0 nitrogen and oxygen atoms in total. The van der Waals surface area contributed by atoms with Crippen LogP contribution in [0.25, 0.3) is 10.8 Å². The molecule has 2 aromatic carbocycles. The molecule has 15 heavy (non-hydrogen) atoms. The van der Waals surface area contributed by atoms with E-state index in [0.29, 0.717) is 0 Å². The van der Waals surface area contributed by atoms with Gasteiger partial charge in [0.2, 0.25) is 0 Å². The fourth-order valence-corrected chi connectivity index (χ4v) is 2.72. The van der Waals surface area contributed by atoms with Gasteiger partial charge in [-0.2, -0.15) is 0 Å². The zero-order valence-corrected chi connectivity index (χ0v) is 8.95. The van der Waals surface area contributed by atoms with Crippen LogP contribution in [0.15, 0.2) is 42.5 Å². The van der Waals surface area contributed by atoms with Gasteiger partial charge in [-0.1, -0.05) is 55.3 Å². The SMILES string of the molecule is c1ccc2cc(C3CCCC3)ccc2c1. The summed E-state index contributed by atoms with van der Waals surface area (Å²) in [5.41, 5.74) is 1.55. The molecule has 0 heterocycles. The van der Waals surface area contributed by atoms with Crippen molar-refractivity contribution in [2.45, 2.75) is 31.6 Å². The van der Waals surface area contributed by atoms with Crippen molar-refractivity contribution in [2.24, 2.45) is 0 Å². The highest BCUT2D eigenvalue weighted by molar-refractivity contribution is 5.83. The van der Waals surface area contributed by atoms with Crippen molar-refractivity contribution in [2.75, 3.05) is 0 Å². The highest BCUT2D eigenvalue weighted by atomic mass is 14.2. The van der Waals surface area contributed by atoms with Crippen molar-refractivity contribution in [3.63, 3.8) is 0 Å². The number of hydrogen-bond donors (Lipinski definition) is 0. The standard InChI is InChI=1S/C15H16/c1-2-6-12(5-1)15-10-9-13-7-3-4-8-14(13)11-15/h3-4,7-12H,1-2,5-6H2. The van der Waals surface area contributed by atoms with Crippen LogP contribution in [0, 0.1) is 0 Å².